The van der Waals surface area contributed by atoms with Crippen molar-refractivity contribution in [3.05, 3.63) is 85.1 Å². The maximum Gasteiger partial charge on any atom is 0.310 e. The first-order valence-electron chi connectivity index (χ1n) is 33.1. The van der Waals surface area contributed by atoms with Gasteiger partial charge in [-0.15, -0.1) is 0 Å². The van der Waals surface area contributed by atoms with Gasteiger partial charge in [0, 0.05) is 12.8 Å². The SMILES string of the molecule is CC/C=C\C/C=C\C/C=C\C/C=C\C/C=C\CC(=O)OC(COC(=O)CCCCCCC/C=C\C/C=C\CCCCC)COC(=O)CCCCCCCCCCCCCCCCCCCCCCCCCCCCCCC. The van der Waals surface area contributed by atoms with E-state index in [0.717, 1.165) is 96.3 Å². The van der Waals surface area contributed by atoms with Crippen molar-refractivity contribution in [3.63, 3.8) is 0 Å². The highest BCUT2D eigenvalue weighted by molar-refractivity contribution is 5.72. The molecule has 0 N–H and O–H groups in total. The Hall–Kier alpha value is -3.41. The molecule has 6 nitrogen and oxygen atoms in total. The lowest BCUT2D eigenvalue weighted by atomic mass is 10.0. The molecule has 0 aromatic rings. The smallest absolute Gasteiger partial charge is 0.310 e. The zero-order valence-corrected chi connectivity index (χ0v) is 51.0. The van der Waals surface area contributed by atoms with Crippen molar-refractivity contribution in [1.29, 1.82) is 0 Å². The van der Waals surface area contributed by atoms with Crippen molar-refractivity contribution in [2.75, 3.05) is 13.2 Å². The Bertz CT molecular complexity index is 1470. The van der Waals surface area contributed by atoms with Crippen molar-refractivity contribution in [2.45, 2.75) is 335 Å². The fraction of sp³-hybridized carbons (Fsp3) is 0.761. The molecule has 77 heavy (non-hydrogen) atoms. The number of allylic oxidation sites excluding steroid dienone is 13. The molecule has 0 bridgehead atoms. The monoisotopic (exact) mass is 1070 g/mol. The lowest BCUT2D eigenvalue weighted by Gasteiger charge is -2.18. The number of esters is 3. The van der Waals surface area contributed by atoms with Crippen LogP contribution in [-0.2, 0) is 28.6 Å². The minimum atomic E-state index is -0.837. The second kappa shape index (κ2) is 65.1. The molecule has 0 rings (SSSR count). The van der Waals surface area contributed by atoms with Crippen LogP contribution < -0.4 is 0 Å². The summed E-state index contributed by atoms with van der Waals surface area (Å²) >= 11 is 0. The Labute approximate surface area is 477 Å². The molecule has 0 aliphatic carbocycles. The molecule has 444 valence electrons. The van der Waals surface area contributed by atoms with E-state index in [-0.39, 0.29) is 31.6 Å². The van der Waals surface area contributed by atoms with E-state index in [4.69, 9.17) is 14.2 Å². The van der Waals surface area contributed by atoms with Crippen LogP contribution in [-0.4, -0.2) is 37.2 Å². The number of carbonyl (C=O) groups is 3. The minimum absolute atomic E-state index is 0.0948. The number of ether oxygens (including phenoxy) is 3. The standard InChI is InChI=1S/C71H124O6/c1-4-7-10-13-16-19-22-25-28-29-30-31-32-33-34-35-36-37-38-39-40-41-44-46-49-52-55-58-61-64-70(73)76-67-68(77-71(74)65-62-59-56-53-50-47-43-27-24-21-18-15-12-9-6-3)66-75-69(72)63-60-57-54-51-48-45-42-26-23-20-17-14-11-8-5-2/h9,12,17-18,20-21,26-27,42-43,50,53,59,62,68H,4-8,10-11,13-16,19,22-25,28-41,44-49,51-52,54-58,60-61,63-67H2,1-3H3/b12-9-,20-17-,21-18-,42-26-,43-27-,53-50-,62-59-. The summed E-state index contributed by atoms with van der Waals surface area (Å²) in [6.45, 7) is 6.44. The average Bonchev–Trinajstić information content (AvgIpc) is 3.43. The van der Waals surface area contributed by atoms with E-state index in [0.29, 0.717) is 12.8 Å². The second-order valence-electron chi connectivity index (χ2n) is 22.0. The van der Waals surface area contributed by atoms with Gasteiger partial charge in [-0.25, -0.2) is 0 Å². The quantitative estimate of drug-likeness (QED) is 0.0261. The van der Waals surface area contributed by atoms with Crippen molar-refractivity contribution in [2.24, 2.45) is 0 Å². The Morgan fingerprint density at radius 1 is 0.286 bits per heavy atom. The van der Waals surface area contributed by atoms with Gasteiger partial charge in [-0.1, -0.05) is 318 Å². The van der Waals surface area contributed by atoms with E-state index >= 15 is 0 Å². The summed E-state index contributed by atoms with van der Waals surface area (Å²) < 4.78 is 16.8. The molecule has 1 unspecified atom stereocenters. The summed E-state index contributed by atoms with van der Waals surface area (Å²) in [7, 11) is 0. The lowest BCUT2D eigenvalue weighted by Crippen LogP contribution is -2.30. The van der Waals surface area contributed by atoms with Gasteiger partial charge in [0.25, 0.3) is 0 Å². The summed E-state index contributed by atoms with van der Waals surface area (Å²) in [4.78, 5) is 38.2. The van der Waals surface area contributed by atoms with E-state index < -0.39 is 12.1 Å². The Kier molecular flexibility index (Phi) is 62.2. The maximum atomic E-state index is 12.8. The van der Waals surface area contributed by atoms with Gasteiger partial charge in [0.05, 0.1) is 6.42 Å². The summed E-state index contributed by atoms with van der Waals surface area (Å²) in [6.07, 6.45) is 86.4. The van der Waals surface area contributed by atoms with Crippen LogP contribution in [0, 0.1) is 0 Å². The highest BCUT2D eigenvalue weighted by Gasteiger charge is 2.19. The van der Waals surface area contributed by atoms with E-state index in [1.54, 1.807) is 6.08 Å². The van der Waals surface area contributed by atoms with Crippen LogP contribution in [0.15, 0.2) is 85.1 Å². The molecular formula is C71H124O6. The molecule has 0 amide bonds. The zero-order valence-electron chi connectivity index (χ0n) is 51.0. The van der Waals surface area contributed by atoms with Gasteiger partial charge in [-0.3, -0.25) is 14.4 Å². The van der Waals surface area contributed by atoms with Crippen molar-refractivity contribution < 1.29 is 28.6 Å². The van der Waals surface area contributed by atoms with Gasteiger partial charge in [0.15, 0.2) is 6.10 Å². The first kappa shape index (κ1) is 73.6. The number of hydrogen-bond acceptors (Lipinski definition) is 6. The molecular weight excluding hydrogens is 949 g/mol. The molecule has 0 aliphatic rings. The molecule has 0 aliphatic heterocycles. The normalized spacial score (nSPS) is 12.6. The summed E-state index contributed by atoms with van der Waals surface area (Å²) in [5.41, 5.74) is 0. The fourth-order valence-electron chi connectivity index (χ4n) is 9.49. The van der Waals surface area contributed by atoms with Crippen LogP contribution in [0.2, 0.25) is 0 Å². The zero-order chi connectivity index (χ0) is 55.7. The summed E-state index contributed by atoms with van der Waals surface area (Å²) in [5.74, 6) is -1.05. The van der Waals surface area contributed by atoms with Crippen molar-refractivity contribution in [3.8, 4) is 0 Å². The lowest BCUT2D eigenvalue weighted by molar-refractivity contribution is -0.166. The van der Waals surface area contributed by atoms with Gasteiger partial charge in [0.2, 0.25) is 0 Å². The van der Waals surface area contributed by atoms with Gasteiger partial charge in [-0.2, -0.15) is 0 Å². The second-order valence-corrected chi connectivity index (χ2v) is 22.0. The van der Waals surface area contributed by atoms with Gasteiger partial charge < -0.3 is 14.2 Å². The van der Waals surface area contributed by atoms with Gasteiger partial charge in [-0.05, 0) is 77.0 Å². The minimum Gasteiger partial charge on any atom is -0.462 e. The van der Waals surface area contributed by atoms with E-state index in [9.17, 15) is 14.4 Å². The third kappa shape index (κ3) is 63.3. The molecule has 1 atom stereocenters. The predicted molar refractivity (Wildman–Crippen MR) is 334 cm³/mol. The molecule has 0 heterocycles. The van der Waals surface area contributed by atoms with Crippen LogP contribution in [0.1, 0.15) is 329 Å². The van der Waals surface area contributed by atoms with Crippen molar-refractivity contribution >= 4 is 17.9 Å². The van der Waals surface area contributed by atoms with Crippen LogP contribution >= 0.6 is 0 Å². The number of carbonyl (C=O) groups excluding carboxylic acids is 3. The number of rotatable bonds is 60. The van der Waals surface area contributed by atoms with E-state index in [1.165, 1.54) is 193 Å². The van der Waals surface area contributed by atoms with Gasteiger partial charge >= 0.3 is 17.9 Å². The topological polar surface area (TPSA) is 78.9 Å². The van der Waals surface area contributed by atoms with E-state index in [2.05, 4.69) is 93.7 Å². The molecule has 6 heteroatoms. The highest BCUT2D eigenvalue weighted by Crippen LogP contribution is 2.18. The molecule has 0 aromatic carbocycles. The Balaban J connectivity index is 4.26. The molecule has 0 aromatic heterocycles. The fourth-order valence-corrected chi connectivity index (χ4v) is 9.49. The van der Waals surface area contributed by atoms with Crippen LogP contribution in [0.25, 0.3) is 0 Å². The third-order valence-corrected chi connectivity index (χ3v) is 14.4. The molecule has 0 saturated carbocycles. The van der Waals surface area contributed by atoms with E-state index in [1.807, 2.05) is 6.08 Å². The summed E-state index contributed by atoms with van der Waals surface area (Å²) in [6, 6.07) is 0. The molecule has 0 saturated heterocycles. The maximum absolute atomic E-state index is 12.8. The molecule has 0 radical (unpaired) electrons. The Morgan fingerprint density at radius 2 is 0.545 bits per heavy atom. The molecule has 0 fully saturated rings. The molecule has 0 spiro atoms. The first-order valence-corrected chi connectivity index (χ1v) is 33.1. The van der Waals surface area contributed by atoms with Crippen molar-refractivity contribution in [1.82, 2.24) is 0 Å². The number of hydrogen-bond donors (Lipinski definition) is 0. The van der Waals surface area contributed by atoms with Crippen LogP contribution in [0.5, 0.6) is 0 Å². The summed E-state index contributed by atoms with van der Waals surface area (Å²) in [5, 5.41) is 0. The number of unbranched alkanes of at least 4 members (excludes halogenated alkanes) is 36. The predicted octanol–water partition coefficient (Wildman–Crippen LogP) is 22.7. The largest absolute Gasteiger partial charge is 0.462 e. The Morgan fingerprint density at radius 3 is 0.883 bits per heavy atom. The van der Waals surface area contributed by atoms with Crippen LogP contribution in [0.3, 0.4) is 0 Å². The van der Waals surface area contributed by atoms with Gasteiger partial charge in [0.1, 0.15) is 13.2 Å². The highest BCUT2D eigenvalue weighted by atomic mass is 16.6. The first-order chi connectivity index (χ1) is 38.0. The third-order valence-electron chi connectivity index (χ3n) is 14.4. The van der Waals surface area contributed by atoms with Crippen LogP contribution in [0.4, 0.5) is 0 Å². The average molecular weight is 1070 g/mol.